The van der Waals surface area contributed by atoms with Gasteiger partial charge >= 0.3 is 0 Å². The summed E-state index contributed by atoms with van der Waals surface area (Å²) in [6.07, 6.45) is 0. The van der Waals surface area contributed by atoms with E-state index in [0.29, 0.717) is 0 Å². The van der Waals surface area contributed by atoms with Gasteiger partial charge in [0.1, 0.15) is 5.82 Å². The molecule has 2 rings (SSSR count). The first-order chi connectivity index (χ1) is 11.7. The number of anilines is 1. The summed E-state index contributed by atoms with van der Waals surface area (Å²) in [5.41, 5.74) is 0.499. The first-order valence-corrected chi connectivity index (χ1v) is 9.36. The van der Waals surface area contributed by atoms with Gasteiger partial charge in [-0.05, 0) is 55.3 Å². The van der Waals surface area contributed by atoms with E-state index in [1.54, 1.807) is 6.07 Å². The molecule has 0 aromatic heterocycles. The number of amides is 1. The molecule has 0 fully saturated rings. The molecule has 7 heteroatoms. The van der Waals surface area contributed by atoms with Gasteiger partial charge in [0, 0.05) is 17.3 Å². The molecule has 0 radical (unpaired) electrons. The number of hydrogen-bond acceptors (Lipinski definition) is 3. The second-order valence-electron chi connectivity index (χ2n) is 6.15. The molecule has 1 unspecified atom stereocenters. The summed E-state index contributed by atoms with van der Waals surface area (Å²) in [7, 11) is -3.88. The fourth-order valence-corrected chi connectivity index (χ4v) is 3.10. The zero-order valence-electron chi connectivity index (χ0n) is 14.3. The minimum Gasteiger partial charge on any atom is -0.349 e. The van der Waals surface area contributed by atoms with E-state index in [0.717, 1.165) is 12.1 Å². The van der Waals surface area contributed by atoms with Crippen LogP contribution in [-0.2, 0) is 10.0 Å². The van der Waals surface area contributed by atoms with Gasteiger partial charge in [0.05, 0.1) is 4.90 Å². The number of carbonyl (C=O) groups is 1. The van der Waals surface area contributed by atoms with Crippen molar-refractivity contribution in [1.82, 2.24) is 5.32 Å². The number of halogens is 1. The minimum atomic E-state index is -3.88. The Bertz CT molecular complexity index is 849. The van der Waals surface area contributed by atoms with Crippen molar-refractivity contribution in [1.29, 1.82) is 0 Å². The van der Waals surface area contributed by atoms with E-state index in [4.69, 9.17) is 0 Å². The lowest BCUT2D eigenvalue weighted by atomic mass is 10.1. The summed E-state index contributed by atoms with van der Waals surface area (Å²) < 4.78 is 40.2. The molecule has 1 amide bonds. The van der Waals surface area contributed by atoms with Gasteiger partial charge in [-0.1, -0.05) is 19.9 Å². The molecule has 0 aliphatic carbocycles. The van der Waals surface area contributed by atoms with E-state index in [2.05, 4.69) is 10.0 Å². The fourth-order valence-electron chi connectivity index (χ4n) is 1.99. The van der Waals surface area contributed by atoms with Crippen molar-refractivity contribution in [2.24, 2.45) is 5.92 Å². The van der Waals surface area contributed by atoms with Gasteiger partial charge in [-0.3, -0.25) is 9.52 Å². The lowest BCUT2D eigenvalue weighted by Gasteiger charge is -2.17. The number of hydrogen-bond donors (Lipinski definition) is 2. The summed E-state index contributed by atoms with van der Waals surface area (Å²) in [6.45, 7) is 5.86. The zero-order chi connectivity index (χ0) is 18.6. The van der Waals surface area contributed by atoms with Crippen LogP contribution in [0.4, 0.5) is 10.1 Å². The van der Waals surface area contributed by atoms with Gasteiger partial charge in [-0.15, -0.1) is 0 Å². The average Bonchev–Trinajstić information content (AvgIpc) is 2.56. The molecule has 0 saturated heterocycles. The summed E-state index contributed by atoms with van der Waals surface area (Å²) in [4.78, 5) is 12.2. The van der Waals surface area contributed by atoms with Crippen LogP contribution in [0, 0.1) is 11.7 Å². The van der Waals surface area contributed by atoms with Gasteiger partial charge in [-0.25, -0.2) is 12.8 Å². The van der Waals surface area contributed by atoms with Crippen molar-refractivity contribution in [3.05, 3.63) is 59.9 Å². The Hall–Kier alpha value is -2.41. The highest BCUT2D eigenvalue weighted by Crippen LogP contribution is 2.18. The summed E-state index contributed by atoms with van der Waals surface area (Å²) in [5.74, 6) is -0.531. The summed E-state index contributed by atoms with van der Waals surface area (Å²) >= 11 is 0. The Morgan fingerprint density at radius 3 is 2.28 bits per heavy atom. The molecule has 2 N–H and O–H groups in total. The first-order valence-electron chi connectivity index (χ1n) is 7.88. The maximum atomic E-state index is 12.9. The largest absolute Gasteiger partial charge is 0.349 e. The van der Waals surface area contributed by atoms with Gasteiger partial charge in [0.2, 0.25) is 0 Å². The standard InChI is InChI=1S/C18H21FN2O3S/c1-12(2)13(3)20-18(22)14-5-4-6-17(11-14)25(23,24)21-16-9-7-15(19)8-10-16/h4-13,21H,1-3H3,(H,20,22). The van der Waals surface area contributed by atoms with E-state index < -0.39 is 15.8 Å². The SMILES string of the molecule is CC(C)C(C)NC(=O)c1cccc(S(=O)(=O)Nc2ccc(F)cc2)c1. The predicted octanol–water partition coefficient (Wildman–Crippen LogP) is 3.40. The molecule has 0 aliphatic rings. The number of nitrogens with one attached hydrogen (secondary N) is 2. The Kier molecular flexibility index (Phi) is 5.79. The molecule has 0 heterocycles. The van der Waals surface area contributed by atoms with E-state index in [9.17, 15) is 17.6 Å². The van der Waals surface area contributed by atoms with Crippen LogP contribution < -0.4 is 10.0 Å². The van der Waals surface area contributed by atoms with Crippen molar-refractivity contribution < 1.29 is 17.6 Å². The van der Waals surface area contributed by atoms with E-state index >= 15 is 0 Å². The number of benzene rings is 2. The van der Waals surface area contributed by atoms with Crippen LogP contribution in [0.2, 0.25) is 0 Å². The molecule has 134 valence electrons. The van der Waals surface area contributed by atoms with Gasteiger partial charge in [0.25, 0.3) is 15.9 Å². The van der Waals surface area contributed by atoms with Crippen LogP contribution >= 0.6 is 0 Å². The molecule has 0 spiro atoms. The molecule has 0 saturated carbocycles. The second kappa shape index (κ2) is 7.65. The maximum absolute atomic E-state index is 12.9. The Labute approximate surface area is 147 Å². The average molecular weight is 364 g/mol. The first kappa shape index (κ1) is 18.9. The Morgan fingerprint density at radius 1 is 1.04 bits per heavy atom. The molecule has 25 heavy (non-hydrogen) atoms. The third kappa shape index (κ3) is 5.03. The minimum absolute atomic E-state index is 0.0369. The molecule has 2 aromatic rings. The van der Waals surface area contributed by atoms with E-state index in [1.165, 1.54) is 30.3 Å². The van der Waals surface area contributed by atoms with Crippen molar-refractivity contribution in [2.45, 2.75) is 31.7 Å². The Morgan fingerprint density at radius 2 is 1.68 bits per heavy atom. The highest BCUT2D eigenvalue weighted by Gasteiger charge is 2.18. The number of carbonyl (C=O) groups excluding carboxylic acids is 1. The van der Waals surface area contributed by atoms with Gasteiger partial charge in [-0.2, -0.15) is 0 Å². The monoisotopic (exact) mass is 364 g/mol. The molecule has 1 atom stereocenters. The quantitative estimate of drug-likeness (QED) is 0.825. The fraction of sp³-hybridized carbons (Fsp3) is 0.278. The summed E-state index contributed by atoms with van der Waals surface area (Å²) in [5, 5.41) is 2.83. The lowest BCUT2D eigenvalue weighted by molar-refractivity contribution is 0.0930. The molecule has 2 aromatic carbocycles. The van der Waals surface area contributed by atoms with Crippen molar-refractivity contribution >= 4 is 21.6 Å². The normalized spacial score (nSPS) is 12.7. The topological polar surface area (TPSA) is 75.3 Å². The molecule has 0 bridgehead atoms. The second-order valence-corrected chi connectivity index (χ2v) is 7.83. The van der Waals surface area contributed by atoms with Crippen LogP contribution in [0.3, 0.4) is 0 Å². The van der Waals surface area contributed by atoms with Gasteiger partial charge in [0.15, 0.2) is 0 Å². The van der Waals surface area contributed by atoms with Crippen molar-refractivity contribution in [3.63, 3.8) is 0 Å². The Balaban J connectivity index is 2.21. The predicted molar refractivity (Wildman–Crippen MR) is 95.4 cm³/mol. The molecule has 0 aliphatic heterocycles. The number of rotatable bonds is 6. The smallest absolute Gasteiger partial charge is 0.261 e. The van der Waals surface area contributed by atoms with Crippen LogP contribution in [0.1, 0.15) is 31.1 Å². The third-order valence-corrected chi connectivity index (χ3v) is 5.24. The molecular formula is C18H21FN2O3S. The highest BCUT2D eigenvalue weighted by atomic mass is 32.2. The van der Waals surface area contributed by atoms with Gasteiger partial charge < -0.3 is 5.32 Å². The summed E-state index contributed by atoms with van der Waals surface area (Å²) in [6, 6.07) is 10.7. The highest BCUT2D eigenvalue weighted by molar-refractivity contribution is 7.92. The lowest BCUT2D eigenvalue weighted by Crippen LogP contribution is -2.36. The van der Waals surface area contributed by atoms with E-state index in [-0.39, 0.29) is 34.0 Å². The maximum Gasteiger partial charge on any atom is 0.261 e. The molecule has 5 nitrogen and oxygen atoms in total. The zero-order valence-corrected chi connectivity index (χ0v) is 15.1. The molecular weight excluding hydrogens is 343 g/mol. The number of sulfonamides is 1. The van der Waals surface area contributed by atoms with Crippen LogP contribution in [0.5, 0.6) is 0 Å². The van der Waals surface area contributed by atoms with Crippen LogP contribution in [0.25, 0.3) is 0 Å². The van der Waals surface area contributed by atoms with Crippen LogP contribution in [-0.4, -0.2) is 20.4 Å². The van der Waals surface area contributed by atoms with Crippen molar-refractivity contribution in [2.75, 3.05) is 4.72 Å². The van der Waals surface area contributed by atoms with Crippen molar-refractivity contribution in [3.8, 4) is 0 Å². The third-order valence-electron chi connectivity index (χ3n) is 3.86. The van der Waals surface area contributed by atoms with E-state index in [1.807, 2.05) is 20.8 Å². The van der Waals surface area contributed by atoms with Crippen LogP contribution in [0.15, 0.2) is 53.4 Å².